The van der Waals surface area contributed by atoms with Crippen LogP contribution < -0.4 is 0 Å². The molecule has 1 unspecified atom stereocenters. The summed E-state index contributed by atoms with van der Waals surface area (Å²) in [5.74, 6) is 0.564. The lowest BCUT2D eigenvalue weighted by Gasteiger charge is -2.11. The van der Waals surface area contributed by atoms with Crippen molar-refractivity contribution < 1.29 is 19.1 Å². The van der Waals surface area contributed by atoms with Crippen molar-refractivity contribution in [2.45, 2.75) is 168 Å². The predicted octanol–water partition coefficient (Wildman–Crippen LogP) is 9.72. The molecule has 0 bridgehead atoms. The van der Waals surface area contributed by atoms with Gasteiger partial charge in [-0.25, -0.2) is 0 Å². The molecule has 35 heavy (non-hydrogen) atoms. The first kappa shape index (κ1) is 33.9. The van der Waals surface area contributed by atoms with E-state index in [0.717, 1.165) is 32.1 Å². The summed E-state index contributed by atoms with van der Waals surface area (Å²) >= 11 is 0. The fourth-order valence-electron chi connectivity index (χ4n) is 4.44. The highest BCUT2D eigenvalue weighted by molar-refractivity contribution is 5.69. The minimum Gasteiger partial charge on any atom is -0.466 e. The van der Waals surface area contributed by atoms with Crippen LogP contribution in [0.15, 0.2) is 0 Å². The third-order valence-corrected chi connectivity index (χ3v) is 6.94. The Morgan fingerprint density at radius 3 is 1.40 bits per heavy atom. The zero-order valence-corrected chi connectivity index (χ0v) is 23.9. The summed E-state index contributed by atoms with van der Waals surface area (Å²) in [5.41, 5.74) is 0. The number of rotatable bonds is 27. The lowest BCUT2D eigenvalue weighted by atomic mass is 9.97. The number of hydrogen-bond donors (Lipinski definition) is 0. The van der Waals surface area contributed by atoms with Crippen LogP contribution in [-0.4, -0.2) is 25.2 Å². The molecule has 1 atom stereocenters. The van der Waals surface area contributed by atoms with Gasteiger partial charge in [-0.1, -0.05) is 130 Å². The van der Waals surface area contributed by atoms with Crippen LogP contribution in [0.4, 0.5) is 0 Å². The fourth-order valence-corrected chi connectivity index (χ4v) is 4.44. The highest BCUT2D eigenvalue weighted by Gasteiger charge is 2.08. The lowest BCUT2D eigenvalue weighted by Crippen LogP contribution is -2.08. The van der Waals surface area contributed by atoms with Gasteiger partial charge in [-0.2, -0.15) is 0 Å². The number of carbonyl (C=O) groups excluding carboxylic acids is 2. The van der Waals surface area contributed by atoms with Gasteiger partial charge in [0.2, 0.25) is 0 Å². The van der Waals surface area contributed by atoms with Gasteiger partial charge >= 0.3 is 11.9 Å². The summed E-state index contributed by atoms with van der Waals surface area (Å²) in [6.07, 6.45) is 26.3. The maximum Gasteiger partial charge on any atom is 0.305 e. The Balaban J connectivity index is 3.35. The first-order chi connectivity index (χ1) is 17.1. The Morgan fingerprint density at radius 1 is 0.486 bits per heavy atom. The molecule has 0 aliphatic carbocycles. The highest BCUT2D eigenvalue weighted by Crippen LogP contribution is 2.17. The minimum absolute atomic E-state index is 0.0150. The molecule has 0 aromatic carbocycles. The van der Waals surface area contributed by atoms with Gasteiger partial charge in [-0.15, -0.1) is 0 Å². The van der Waals surface area contributed by atoms with Crippen molar-refractivity contribution in [1.82, 2.24) is 0 Å². The molecule has 0 aromatic rings. The summed E-state index contributed by atoms with van der Waals surface area (Å²) in [5, 5.41) is 0. The van der Waals surface area contributed by atoms with E-state index in [-0.39, 0.29) is 11.9 Å². The summed E-state index contributed by atoms with van der Waals surface area (Å²) in [6.45, 7) is 7.91. The zero-order valence-electron chi connectivity index (χ0n) is 23.9. The number of hydrogen-bond acceptors (Lipinski definition) is 4. The SMILES string of the molecule is CCCCCCCCOC(=O)CCCCCCCCCC(C)CCC(=O)OCCCCCCCC. The standard InChI is InChI=1S/C31H60O4/c1-4-6-8-10-17-21-27-34-30(32)24-20-16-14-12-13-15-19-23-29(3)25-26-31(33)35-28-22-18-11-9-7-5-2/h29H,4-28H2,1-3H3. The molecule has 4 heteroatoms. The van der Waals surface area contributed by atoms with Crippen LogP contribution >= 0.6 is 0 Å². The molecule has 0 aliphatic heterocycles. The molecule has 0 fully saturated rings. The van der Waals surface area contributed by atoms with E-state index in [1.54, 1.807) is 0 Å². The second-order valence-corrected chi connectivity index (χ2v) is 10.6. The van der Waals surface area contributed by atoms with Crippen molar-refractivity contribution in [2.75, 3.05) is 13.2 Å². The Labute approximate surface area is 218 Å². The van der Waals surface area contributed by atoms with E-state index in [9.17, 15) is 9.59 Å². The fraction of sp³-hybridized carbons (Fsp3) is 0.935. The maximum atomic E-state index is 11.9. The number of ether oxygens (including phenoxy) is 2. The van der Waals surface area contributed by atoms with Crippen molar-refractivity contribution in [1.29, 1.82) is 0 Å². The zero-order chi connectivity index (χ0) is 25.8. The van der Waals surface area contributed by atoms with Crippen LogP contribution in [0.1, 0.15) is 168 Å². The van der Waals surface area contributed by atoms with Gasteiger partial charge in [0.05, 0.1) is 13.2 Å². The smallest absolute Gasteiger partial charge is 0.305 e. The van der Waals surface area contributed by atoms with E-state index < -0.39 is 0 Å². The predicted molar refractivity (Wildman–Crippen MR) is 149 cm³/mol. The summed E-state index contributed by atoms with van der Waals surface area (Å²) in [6, 6.07) is 0. The number of esters is 2. The molecule has 0 N–H and O–H groups in total. The second kappa shape index (κ2) is 27.5. The third-order valence-electron chi connectivity index (χ3n) is 6.94. The molecule has 0 radical (unpaired) electrons. The van der Waals surface area contributed by atoms with Crippen molar-refractivity contribution in [3.8, 4) is 0 Å². The average Bonchev–Trinajstić information content (AvgIpc) is 2.85. The molecule has 0 spiro atoms. The molecule has 0 rings (SSSR count). The van der Waals surface area contributed by atoms with Crippen LogP contribution in [0.25, 0.3) is 0 Å². The van der Waals surface area contributed by atoms with E-state index in [1.807, 2.05) is 0 Å². The largest absolute Gasteiger partial charge is 0.466 e. The summed E-state index contributed by atoms with van der Waals surface area (Å²) in [7, 11) is 0. The second-order valence-electron chi connectivity index (χ2n) is 10.6. The van der Waals surface area contributed by atoms with E-state index in [4.69, 9.17) is 9.47 Å². The van der Waals surface area contributed by atoms with Crippen molar-refractivity contribution >= 4 is 11.9 Å². The molecule has 0 heterocycles. The van der Waals surface area contributed by atoms with Crippen LogP contribution in [-0.2, 0) is 19.1 Å². The monoisotopic (exact) mass is 496 g/mol. The topological polar surface area (TPSA) is 52.6 Å². The minimum atomic E-state index is -0.0169. The summed E-state index contributed by atoms with van der Waals surface area (Å²) in [4.78, 5) is 23.7. The highest BCUT2D eigenvalue weighted by atomic mass is 16.5. The number of unbranched alkanes of at least 4 members (excludes halogenated alkanes) is 16. The van der Waals surface area contributed by atoms with E-state index >= 15 is 0 Å². The Kier molecular flexibility index (Phi) is 26.7. The maximum absolute atomic E-state index is 11.9. The van der Waals surface area contributed by atoms with Gasteiger partial charge in [0, 0.05) is 12.8 Å². The molecule has 0 aliphatic rings. The number of carbonyl (C=O) groups is 2. The first-order valence-electron chi connectivity index (χ1n) is 15.4. The average molecular weight is 497 g/mol. The molecule has 0 saturated carbocycles. The molecule has 0 aromatic heterocycles. The quantitative estimate of drug-likeness (QED) is 0.0838. The molecule has 0 saturated heterocycles. The molecule has 0 amide bonds. The molecular weight excluding hydrogens is 436 g/mol. The van der Waals surface area contributed by atoms with E-state index in [0.29, 0.717) is 32.0 Å². The van der Waals surface area contributed by atoms with Gasteiger partial charge in [-0.3, -0.25) is 9.59 Å². The van der Waals surface area contributed by atoms with Gasteiger partial charge in [-0.05, 0) is 31.6 Å². The van der Waals surface area contributed by atoms with Crippen molar-refractivity contribution in [3.05, 3.63) is 0 Å². The Bertz CT molecular complexity index is 463. The van der Waals surface area contributed by atoms with Crippen LogP contribution in [0.5, 0.6) is 0 Å². The Hall–Kier alpha value is -1.06. The van der Waals surface area contributed by atoms with Crippen LogP contribution in [0.3, 0.4) is 0 Å². The van der Waals surface area contributed by atoms with Crippen LogP contribution in [0, 0.1) is 5.92 Å². The Morgan fingerprint density at radius 2 is 0.886 bits per heavy atom. The molecule has 208 valence electrons. The van der Waals surface area contributed by atoms with Gasteiger partial charge in [0.1, 0.15) is 0 Å². The lowest BCUT2D eigenvalue weighted by molar-refractivity contribution is -0.145. The molecule has 4 nitrogen and oxygen atoms in total. The van der Waals surface area contributed by atoms with Crippen molar-refractivity contribution in [2.24, 2.45) is 5.92 Å². The van der Waals surface area contributed by atoms with Crippen LogP contribution in [0.2, 0.25) is 0 Å². The third kappa shape index (κ3) is 27.4. The van der Waals surface area contributed by atoms with Crippen molar-refractivity contribution in [3.63, 3.8) is 0 Å². The molecular formula is C31H60O4. The van der Waals surface area contributed by atoms with Gasteiger partial charge < -0.3 is 9.47 Å². The van der Waals surface area contributed by atoms with Gasteiger partial charge in [0.15, 0.2) is 0 Å². The summed E-state index contributed by atoms with van der Waals surface area (Å²) < 4.78 is 10.7. The van der Waals surface area contributed by atoms with E-state index in [1.165, 1.54) is 103 Å². The first-order valence-corrected chi connectivity index (χ1v) is 15.4. The van der Waals surface area contributed by atoms with E-state index in [2.05, 4.69) is 20.8 Å². The van der Waals surface area contributed by atoms with Gasteiger partial charge in [0.25, 0.3) is 0 Å². The normalized spacial score (nSPS) is 12.0.